The highest BCUT2D eigenvalue weighted by atomic mass is 16.5. The quantitative estimate of drug-likeness (QED) is 0.728. The van der Waals surface area contributed by atoms with Crippen molar-refractivity contribution in [1.82, 2.24) is 0 Å². The smallest absolute Gasteiger partial charge is 0.136 e. The lowest BCUT2D eigenvalue weighted by Crippen LogP contribution is -2.13. The molecule has 21 heavy (non-hydrogen) atoms. The Kier molecular flexibility index (Phi) is 6.27. The molecule has 2 aromatic rings. The van der Waals surface area contributed by atoms with Crippen LogP contribution in [0.15, 0.2) is 34.7 Å². The SMILES string of the molecule is CCCCC(CC)COCC(O)c1cc2ccccc2o1. The summed E-state index contributed by atoms with van der Waals surface area (Å²) in [5, 5.41) is 11.2. The molecule has 0 saturated heterocycles. The molecule has 0 radical (unpaired) electrons. The zero-order chi connectivity index (χ0) is 15.1. The Balaban J connectivity index is 1.82. The third-order valence-electron chi connectivity index (χ3n) is 3.95. The van der Waals surface area contributed by atoms with Crippen LogP contribution in [0.1, 0.15) is 51.4 Å². The molecule has 1 N–H and O–H groups in total. The number of unbranched alkanes of at least 4 members (excludes halogenated alkanes) is 1. The lowest BCUT2D eigenvalue weighted by atomic mass is 10.0. The predicted molar refractivity (Wildman–Crippen MR) is 85.3 cm³/mol. The van der Waals surface area contributed by atoms with Crippen LogP contribution in [-0.4, -0.2) is 18.3 Å². The van der Waals surface area contributed by atoms with E-state index in [1.807, 2.05) is 30.3 Å². The molecule has 0 aliphatic carbocycles. The number of hydrogen-bond donors (Lipinski definition) is 1. The summed E-state index contributed by atoms with van der Waals surface area (Å²) >= 11 is 0. The molecule has 0 amide bonds. The van der Waals surface area contributed by atoms with Crippen molar-refractivity contribution in [3.05, 3.63) is 36.1 Å². The number of ether oxygens (including phenoxy) is 1. The summed E-state index contributed by atoms with van der Waals surface area (Å²) in [5.74, 6) is 1.17. The average Bonchev–Trinajstić information content (AvgIpc) is 2.94. The first kappa shape index (κ1) is 16.1. The van der Waals surface area contributed by atoms with Crippen LogP contribution < -0.4 is 0 Å². The number of fused-ring (bicyclic) bond motifs is 1. The zero-order valence-electron chi connectivity index (χ0n) is 13.0. The van der Waals surface area contributed by atoms with Crippen molar-refractivity contribution in [2.24, 2.45) is 5.92 Å². The summed E-state index contributed by atoms with van der Waals surface area (Å²) in [6, 6.07) is 9.66. The largest absolute Gasteiger partial charge is 0.458 e. The van der Waals surface area contributed by atoms with Gasteiger partial charge in [-0.2, -0.15) is 0 Å². The Bertz CT molecular complexity index is 499. The Morgan fingerprint density at radius 2 is 2.00 bits per heavy atom. The van der Waals surface area contributed by atoms with Gasteiger partial charge in [0.2, 0.25) is 0 Å². The van der Waals surface area contributed by atoms with E-state index in [0.717, 1.165) is 17.4 Å². The van der Waals surface area contributed by atoms with Crippen molar-refractivity contribution < 1.29 is 14.3 Å². The normalized spacial score (nSPS) is 14.4. The standard InChI is InChI=1S/C18H26O3/c1-3-5-8-14(4-2)12-20-13-16(19)18-11-15-9-6-7-10-17(15)21-18/h6-7,9-11,14,16,19H,3-5,8,12-13H2,1-2H3. The summed E-state index contributed by atoms with van der Waals surface area (Å²) in [6.07, 6.45) is 4.10. The van der Waals surface area contributed by atoms with E-state index in [2.05, 4.69) is 13.8 Å². The first-order valence-electron chi connectivity index (χ1n) is 7.98. The van der Waals surface area contributed by atoms with E-state index in [1.165, 1.54) is 19.3 Å². The van der Waals surface area contributed by atoms with Gasteiger partial charge in [0.25, 0.3) is 0 Å². The topological polar surface area (TPSA) is 42.6 Å². The van der Waals surface area contributed by atoms with Crippen LogP contribution in [0.25, 0.3) is 11.0 Å². The van der Waals surface area contributed by atoms with Crippen molar-refractivity contribution >= 4 is 11.0 Å². The summed E-state index contributed by atoms with van der Waals surface area (Å²) in [6.45, 7) is 5.41. The van der Waals surface area contributed by atoms with Gasteiger partial charge in [-0.05, 0) is 24.5 Å². The Hall–Kier alpha value is -1.32. The van der Waals surface area contributed by atoms with E-state index >= 15 is 0 Å². The summed E-state index contributed by atoms with van der Waals surface area (Å²) in [4.78, 5) is 0. The van der Waals surface area contributed by atoms with E-state index in [9.17, 15) is 5.11 Å². The highest BCUT2D eigenvalue weighted by Gasteiger charge is 2.14. The van der Waals surface area contributed by atoms with Gasteiger partial charge < -0.3 is 14.3 Å². The predicted octanol–water partition coefficient (Wildman–Crippen LogP) is 4.70. The van der Waals surface area contributed by atoms with Gasteiger partial charge in [-0.1, -0.05) is 51.3 Å². The average molecular weight is 290 g/mol. The van der Waals surface area contributed by atoms with Gasteiger partial charge in [0.15, 0.2) is 0 Å². The molecule has 0 saturated carbocycles. The second kappa shape index (κ2) is 8.20. The van der Waals surface area contributed by atoms with Crippen LogP contribution in [0.4, 0.5) is 0 Å². The Morgan fingerprint density at radius 3 is 2.71 bits per heavy atom. The summed E-state index contributed by atoms with van der Waals surface area (Å²) in [7, 11) is 0. The fraction of sp³-hybridized carbons (Fsp3) is 0.556. The lowest BCUT2D eigenvalue weighted by molar-refractivity contribution is 0.00967. The number of para-hydroxylation sites is 1. The number of benzene rings is 1. The third kappa shape index (κ3) is 4.58. The molecule has 1 aromatic carbocycles. The molecule has 0 bridgehead atoms. The molecule has 2 atom stereocenters. The van der Waals surface area contributed by atoms with E-state index in [1.54, 1.807) is 0 Å². The zero-order valence-corrected chi connectivity index (χ0v) is 13.0. The van der Waals surface area contributed by atoms with Gasteiger partial charge in [0, 0.05) is 12.0 Å². The summed E-state index contributed by atoms with van der Waals surface area (Å²) < 4.78 is 11.3. The molecule has 0 aliphatic heterocycles. The Morgan fingerprint density at radius 1 is 1.19 bits per heavy atom. The lowest BCUT2D eigenvalue weighted by Gasteiger charge is -2.16. The van der Waals surface area contributed by atoms with Crippen molar-refractivity contribution in [3.63, 3.8) is 0 Å². The molecular weight excluding hydrogens is 264 g/mol. The molecule has 1 aromatic heterocycles. The van der Waals surface area contributed by atoms with Gasteiger partial charge in [0.1, 0.15) is 17.4 Å². The number of furan rings is 1. The fourth-order valence-electron chi connectivity index (χ4n) is 2.49. The molecule has 0 aliphatic rings. The van der Waals surface area contributed by atoms with Crippen LogP contribution in [-0.2, 0) is 4.74 Å². The Labute approximate surface area is 126 Å². The van der Waals surface area contributed by atoms with Crippen molar-refractivity contribution in [3.8, 4) is 0 Å². The van der Waals surface area contributed by atoms with Gasteiger partial charge in [-0.3, -0.25) is 0 Å². The van der Waals surface area contributed by atoms with Crippen LogP contribution in [0.3, 0.4) is 0 Å². The minimum absolute atomic E-state index is 0.294. The summed E-state index contributed by atoms with van der Waals surface area (Å²) in [5.41, 5.74) is 0.806. The maximum atomic E-state index is 10.2. The van der Waals surface area contributed by atoms with Crippen LogP contribution in [0.2, 0.25) is 0 Å². The highest BCUT2D eigenvalue weighted by Crippen LogP contribution is 2.24. The van der Waals surface area contributed by atoms with E-state index < -0.39 is 6.10 Å². The molecule has 2 rings (SSSR count). The maximum absolute atomic E-state index is 10.2. The first-order valence-corrected chi connectivity index (χ1v) is 7.98. The molecular formula is C18H26O3. The van der Waals surface area contributed by atoms with E-state index in [0.29, 0.717) is 24.9 Å². The van der Waals surface area contributed by atoms with E-state index in [-0.39, 0.29) is 0 Å². The molecule has 2 unspecified atom stereocenters. The van der Waals surface area contributed by atoms with Crippen molar-refractivity contribution in [2.45, 2.75) is 45.6 Å². The molecule has 0 spiro atoms. The maximum Gasteiger partial charge on any atom is 0.136 e. The molecule has 1 heterocycles. The van der Waals surface area contributed by atoms with Gasteiger partial charge in [-0.15, -0.1) is 0 Å². The fourth-order valence-corrected chi connectivity index (χ4v) is 2.49. The van der Waals surface area contributed by atoms with Crippen molar-refractivity contribution in [2.75, 3.05) is 13.2 Å². The molecule has 3 heteroatoms. The monoisotopic (exact) mass is 290 g/mol. The van der Waals surface area contributed by atoms with Gasteiger partial charge >= 0.3 is 0 Å². The molecule has 0 fully saturated rings. The number of aliphatic hydroxyl groups is 1. The van der Waals surface area contributed by atoms with Crippen LogP contribution in [0.5, 0.6) is 0 Å². The first-order chi connectivity index (χ1) is 10.2. The van der Waals surface area contributed by atoms with E-state index in [4.69, 9.17) is 9.15 Å². The number of aliphatic hydroxyl groups excluding tert-OH is 1. The molecule has 116 valence electrons. The number of rotatable bonds is 9. The highest BCUT2D eigenvalue weighted by molar-refractivity contribution is 5.77. The second-order valence-electron chi connectivity index (χ2n) is 5.66. The second-order valence-corrected chi connectivity index (χ2v) is 5.66. The van der Waals surface area contributed by atoms with Crippen LogP contribution in [0, 0.1) is 5.92 Å². The van der Waals surface area contributed by atoms with Gasteiger partial charge in [0.05, 0.1) is 6.61 Å². The van der Waals surface area contributed by atoms with Crippen molar-refractivity contribution in [1.29, 1.82) is 0 Å². The van der Waals surface area contributed by atoms with Gasteiger partial charge in [-0.25, -0.2) is 0 Å². The van der Waals surface area contributed by atoms with Crippen LogP contribution >= 0.6 is 0 Å². The number of hydrogen-bond acceptors (Lipinski definition) is 3. The minimum Gasteiger partial charge on any atom is -0.458 e. The molecule has 3 nitrogen and oxygen atoms in total. The minimum atomic E-state index is -0.693. The third-order valence-corrected chi connectivity index (χ3v) is 3.95.